The highest BCUT2D eigenvalue weighted by atomic mass is 16.5. The lowest BCUT2D eigenvalue weighted by atomic mass is 10.3. The third-order valence-corrected chi connectivity index (χ3v) is 1.57. The van der Waals surface area contributed by atoms with E-state index in [1.165, 1.54) is 7.11 Å². The number of imide groups is 1. The second-order valence-corrected chi connectivity index (χ2v) is 2.65. The van der Waals surface area contributed by atoms with Crippen molar-refractivity contribution in [3.8, 4) is 0 Å². The highest BCUT2D eigenvalue weighted by molar-refractivity contribution is 6.02. The predicted molar refractivity (Wildman–Crippen MR) is 41.6 cm³/mol. The second-order valence-electron chi connectivity index (χ2n) is 2.65. The van der Waals surface area contributed by atoms with Crippen molar-refractivity contribution in [3.63, 3.8) is 0 Å². The average molecular weight is 186 g/mol. The molecular formula is C7H10N2O4. The minimum absolute atomic E-state index is 0.0755. The van der Waals surface area contributed by atoms with Crippen LogP contribution in [-0.2, 0) is 19.1 Å². The minimum atomic E-state index is -0.458. The summed E-state index contributed by atoms with van der Waals surface area (Å²) in [5, 5.41) is 2.09. The molecule has 6 heteroatoms. The molecule has 72 valence electrons. The summed E-state index contributed by atoms with van der Waals surface area (Å²) in [7, 11) is 1.38. The molecule has 0 spiro atoms. The van der Waals surface area contributed by atoms with Crippen LogP contribution in [-0.4, -0.2) is 49.4 Å². The molecule has 3 amide bonds. The van der Waals surface area contributed by atoms with Gasteiger partial charge in [-0.2, -0.15) is 0 Å². The van der Waals surface area contributed by atoms with Crippen molar-refractivity contribution in [2.75, 3.05) is 26.8 Å². The van der Waals surface area contributed by atoms with Gasteiger partial charge in [0, 0.05) is 7.11 Å². The van der Waals surface area contributed by atoms with Crippen LogP contribution in [0.4, 0.5) is 0 Å². The number of nitrogens with zero attached hydrogens (tertiary/aromatic N) is 1. The van der Waals surface area contributed by atoms with Crippen LogP contribution >= 0.6 is 0 Å². The van der Waals surface area contributed by atoms with Crippen molar-refractivity contribution in [1.82, 2.24) is 10.2 Å². The summed E-state index contributed by atoms with van der Waals surface area (Å²) in [5.74, 6) is -1.27. The summed E-state index contributed by atoms with van der Waals surface area (Å²) in [6.45, 7) is -0.261. The van der Waals surface area contributed by atoms with Crippen molar-refractivity contribution >= 4 is 17.7 Å². The third-order valence-electron chi connectivity index (χ3n) is 1.57. The zero-order valence-electron chi connectivity index (χ0n) is 7.20. The van der Waals surface area contributed by atoms with Gasteiger partial charge in [-0.05, 0) is 0 Å². The fourth-order valence-electron chi connectivity index (χ4n) is 1.03. The van der Waals surface area contributed by atoms with Crippen LogP contribution in [0.1, 0.15) is 0 Å². The molecule has 0 bridgehead atoms. The van der Waals surface area contributed by atoms with Crippen molar-refractivity contribution in [2.45, 2.75) is 0 Å². The maximum atomic E-state index is 11.2. The Kier molecular flexibility index (Phi) is 2.97. The molecule has 6 nitrogen and oxygen atoms in total. The summed E-state index contributed by atoms with van der Waals surface area (Å²) in [4.78, 5) is 34.0. The highest BCUT2D eigenvalue weighted by Gasteiger charge is 2.25. The van der Waals surface area contributed by atoms with E-state index < -0.39 is 11.8 Å². The Morgan fingerprint density at radius 3 is 2.46 bits per heavy atom. The van der Waals surface area contributed by atoms with Gasteiger partial charge in [0.2, 0.25) is 17.7 Å². The number of nitrogens with one attached hydrogen (secondary N) is 1. The SMILES string of the molecule is COCC(=O)N1CC(=O)NC(=O)C1. The molecule has 0 atom stereocenters. The first-order chi connectivity index (χ1) is 6.13. The molecule has 0 aromatic carbocycles. The fourth-order valence-corrected chi connectivity index (χ4v) is 1.03. The Hall–Kier alpha value is -1.43. The van der Waals surface area contributed by atoms with Crippen LogP contribution in [0.5, 0.6) is 0 Å². The van der Waals surface area contributed by atoms with Gasteiger partial charge in [-0.25, -0.2) is 0 Å². The molecule has 0 unspecified atom stereocenters. The summed E-state index contributed by atoms with van der Waals surface area (Å²) in [6.07, 6.45) is 0. The van der Waals surface area contributed by atoms with E-state index in [9.17, 15) is 14.4 Å². The molecule has 1 fully saturated rings. The Labute approximate surface area is 74.8 Å². The molecular weight excluding hydrogens is 176 g/mol. The number of hydrogen-bond acceptors (Lipinski definition) is 4. The van der Waals surface area contributed by atoms with Gasteiger partial charge in [-0.1, -0.05) is 0 Å². The van der Waals surface area contributed by atoms with Crippen LogP contribution in [0.3, 0.4) is 0 Å². The number of methoxy groups -OCH3 is 1. The molecule has 0 aromatic rings. The smallest absolute Gasteiger partial charge is 0.249 e. The van der Waals surface area contributed by atoms with Gasteiger partial charge < -0.3 is 9.64 Å². The first kappa shape index (κ1) is 9.66. The van der Waals surface area contributed by atoms with Gasteiger partial charge in [0.15, 0.2) is 0 Å². The van der Waals surface area contributed by atoms with E-state index in [1.54, 1.807) is 0 Å². The van der Waals surface area contributed by atoms with Crippen LogP contribution in [0.25, 0.3) is 0 Å². The van der Waals surface area contributed by atoms with Gasteiger partial charge >= 0.3 is 0 Å². The maximum absolute atomic E-state index is 11.2. The highest BCUT2D eigenvalue weighted by Crippen LogP contribution is 1.95. The summed E-state index contributed by atoms with van der Waals surface area (Å²) < 4.78 is 4.59. The molecule has 0 aromatic heterocycles. The van der Waals surface area contributed by atoms with E-state index in [4.69, 9.17) is 0 Å². The molecule has 1 saturated heterocycles. The van der Waals surface area contributed by atoms with Crippen molar-refractivity contribution < 1.29 is 19.1 Å². The zero-order valence-corrected chi connectivity index (χ0v) is 7.20. The van der Waals surface area contributed by atoms with E-state index in [2.05, 4.69) is 10.1 Å². The molecule has 0 radical (unpaired) electrons. The third kappa shape index (κ3) is 2.51. The number of rotatable bonds is 2. The number of amides is 3. The Morgan fingerprint density at radius 1 is 1.46 bits per heavy atom. The van der Waals surface area contributed by atoms with Gasteiger partial charge in [-0.3, -0.25) is 19.7 Å². The summed E-state index contributed by atoms with van der Waals surface area (Å²) >= 11 is 0. The number of carbonyl (C=O) groups excluding carboxylic acids is 3. The summed E-state index contributed by atoms with van der Waals surface area (Å²) in [6, 6.07) is 0. The Balaban J connectivity index is 2.54. The Morgan fingerprint density at radius 2 is 2.00 bits per heavy atom. The number of hydrogen-bond donors (Lipinski definition) is 1. The standard InChI is InChI=1S/C7H10N2O4/c1-13-4-7(12)9-2-5(10)8-6(11)3-9/h2-4H2,1H3,(H,8,10,11). The molecule has 1 aliphatic rings. The van der Waals surface area contributed by atoms with Gasteiger partial charge in [0.25, 0.3) is 0 Å². The number of ether oxygens (including phenoxy) is 1. The first-order valence-corrected chi connectivity index (χ1v) is 3.73. The topological polar surface area (TPSA) is 75.7 Å². The molecule has 0 aliphatic carbocycles. The van der Waals surface area contributed by atoms with Crippen LogP contribution in [0.15, 0.2) is 0 Å². The molecule has 1 rings (SSSR count). The van der Waals surface area contributed by atoms with Gasteiger partial charge in [-0.15, -0.1) is 0 Å². The maximum Gasteiger partial charge on any atom is 0.249 e. The lowest BCUT2D eigenvalue weighted by Gasteiger charge is -2.24. The quantitative estimate of drug-likeness (QED) is 0.512. The molecule has 13 heavy (non-hydrogen) atoms. The average Bonchev–Trinajstić information content (AvgIpc) is 2.03. The van der Waals surface area contributed by atoms with Crippen molar-refractivity contribution in [1.29, 1.82) is 0 Å². The van der Waals surface area contributed by atoms with Crippen molar-refractivity contribution in [3.05, 3.63) is 0 Å². The van der Waals surface area contributed by atoms with Crippen LogP contribution < -0.4 is 5.32 Å². The fraction of sp³-hybridized carbons (Fsp3) is 0.571. The van der Waals surface area contributed by atoms with Gasteiger partial charge in [0.05, 0.1) is 0 Å². The molecule has 1 N–H and O–H groups in total. The largest absolute Gasteiger partial charge is 0.375 e. The van der Waals surface area contributed by atoms with E-state index in [1.807, 2.05) is 0 Å². The van der Waals surface area contributed by atoms with E-state index in [-0.39, 0.29) is 25.6 Å². The predicted octanol–water partition coefficient (Wildman–Crippen LogP) is -1.88. The summed E-state index contributed by atoms with van der Waals surface area (Å²) in [5.41, 5.74) is 0. The number of carbonyl (C=O) groups is 3. The zero-order chi connectivity index (χ0) is 9.84. The van der Waals surface area contributed by atoms with E-state index in [0.29, 0.717) is 0 Å². The lowest BCUT2D eigenvalue weighted by Crippen LogP contribution is -2.54. The number of piperazine rings is 1. The van der Waals surface area contributed by atoms with E-state index in [0.717, 1.165) is 4.90 Å². The first-order valence-electron chi connectivity index (χ1n) is 3.73. The van der Waals surface area contributed by atoms with E-state index >= 15 is 0 Å². The minimum Gasteiger partial charge on any atom is -0.375 e. The molecule has 1 heterocycles. The van der Waals surface area contributed by atoms with Crippen LogP contribution in [0, 0.1) is 0 Å². The lowest BCUT2D eigenvalue weighted by molar-refractivity contribution is -0.147. The van der Waals surface area contributed by atoms with Gasteiger partial charge in [0.1, 0.15) is 19.7 Å². The van der Waals surface area contributed by atoms with Crippen LogP contribution in [0.2, 0.25) is 0 Å². The normalized spacial score (nSPS) is 17.2. The molecule has 0 saturated carbocycles. The van der Waals surface area contributed by atoms with Crippen molar-refractivity contribution in [2.24, 2.45) is 0 Å². The monoisotopic (exact) mass is 186 g/mol. The second kappa shape index (κ2) is 3.99. The Bertz CT molecular complexity index is 235. The molecule has 1 aliphatic heterocycles.